The van der Waals surface area contributed by atoms with Crippen LogP contribution in [0.1, 0.15) is 26.7 Å². The van der Waals surface area contributed by atoms with E-state index < -0.39 is 12.0 Å². The van der Waals surface area contributed by atoms with Crippen LogP contribution in [-0.2, 0) is 9.53 Å². The number of hydrogen-bond acceptors (Lipinski definition) is 4. The lowest BCUT2D eigenvalue weighted by molar-refractivity contribution is -0.139. The lowest BCUT2D eigenvalue weighted by Crippen LogP contribution is -2.56. The number of hydrogen-bond donors (Lipinski definition) is 2. The molecule has 0 saturated carbocycles. The minimum Gasteiger partial charge on any atom is -0.480 e. The number of amides is 2. The molecule has 1 fully saturated rings. The van der Waals surface area contributed by atoms with Gasteiger partial charge in [-0.2, -0.15) is 0 Å². The molecule has 2 unspecified atom stereocenters. The average Bonchev–Trinajstić information content (AvgIpc) is 2.50. The van der Waals surface area contributed by atoms with E-state index >= 15 is 0 Å². The van der Waals surface area contributed by atoms with E-state index in [0.29, 0.717) is 25.7 Å². The van der Waals surface area contributed by atoms with Gasteiger partial charge < -0.3 is 20.1 Å². The van der Waals surface area contributed by atoms with Crippen LogP contribution >= 0.6 is 0 Å². The van der Waals surface area contributed by atoms with Gasteiger partial charge in [0.15, 0.2) is 0 Å². The molecular formula is C14H27N3O4. The van der Waals surface area contributed by atoms with Gasteiger partial charge in [-0.05, 0) is 13.3 Å². The Morgan fingerprint density at radius 1 is 1.29 bits per heavy atom. The van der Waals surface area contributed by atoms with Gasteiger partial charge in [-0.15, -0.1) is 0 Å². The van der Waals surface area contributed by atoms with Crippen LogP contribution < -0.4 is 5.32 Å². The molecule has 1 aliphatic heterocycles. The van der Waals surface area contributed by atoms with Crippen LogP contribution in [0.25, 0.3) is 0 Å². The molecule has 0 spiro atoms. The standard InChI is InChI=1S/C14H27N3O4/c1-4-11(2)16-6-8-17(9-7-16)14(20)15-12(13(18)19)5-10-21-3/h11-12H,4-10H2,1-3H3,(H,15,20)(H,18,19). The Kier molecular flexibility index (Phi) is 7.45. The number of carbonyl (C=O) groups excluding carboxylic acids is 1. The molecule has 0 aromatic carbocycles. The van der Waals surface area contributed by atoms with Crippen LogP contribution in [0.4, 0.5) is 4.79 Å². The van der Waals surface area contributed by atoms with E-state index in [-0.39, 0.29) is 12.5 Å². The van der Waals surface area contributed by atoms with Crippen molar-refractivity contribution in [3.8, 4) is 0 Å². The Morgan fingerprint density at radius 3 is 2.38 bits per heavy atom. The summed E-state index contributed by atoms with van der Waals surface area (Å²) in [7, 11) is 1.51. The number of ether oxygens (including phenoxy) is 1. The zero-order valence-corrected chi connectivity index (χ0v) is 13.2. The van der Waals surface area contributed by atoms with Crippen molar-refractivity contribution in [1.82, 2.24) is 15.1 Å². The highest BCUT2D eigenvalue weighted by atomic mass is 16.5. The topological polar surface area (TPSA) is 82.1 Å². The maximum absolute atomic E-state index is 12.1. The second-order valence-electron chi connectivity index (χ2n) is 5.40. The van der Waals surface area contributed by atoms with Gasteiger partial charge in [0.05, 0.1) is 0 Å². The summed E-state index contributed by atoms with van der Waals surface area (Å²) in [6.45, 7) is 7.56. The summed E-state index contributed by atoms with van der Waals surface area (Å²) in [6.07, 6.45) is 1.36. The van der Waals surface area contributed by atoms with Gasteiger partial charge in [-0.1, -0.05) is 6.92 Å². The highest BCUT2D eigenvalue weighted by molar-refractivity contribution is 5.82. The molecule has 2 atom stereocenters. The van der Waals surface area contributed by atoms with Gasteiger partial charge >= 0.3 is 12.0 Å². The molecule has 21 heavy (non-hydrogen) atoms. The molecule has 2 N–H and O–H groups in total. The first-order chi connectivity index (χ1) is 9.99. The van der Waals surface area contributed by atoms with Gasteiger partial charge in [0.25, 0.3) is 0 Å². The third kappa shape index (κ3) is 5.51. The molecule has 0 bridgehead atoms. The molecule has 0 aromatic heterocycles. The highest BCUT2D eigenvalue weighted by Crippen LogP contribution is 2.09. The minimum absolute atomic E-state index is 0.268. The number of aliphatic carboxylic acids is 1. The summed E-state index contributed by atoms with van der Waals surface area (Å²) in [5, 5.41) is 11.7. The molecule has 1 saturated heterocycles. The van der Waals surface area contributed by atoms with E-state index in [0.717, 1.165) is 19.5 Å². The number of carboxylic acids is 1. The fourth-order valence-electron chi connectivity index (χ4n) is 2.36. The molecule has 1 aliphatic rings. The number of rotatable bonds is 7. The number of nitrogens with zero attached hydrogens (tertiary/aromatic N) is 2. The largest absolute Gasteiger partial charge is 0.480 e. The first-order valence-electron chi connectivity index (χ1n) is 7.50. The maximum Gasteiger partial charge on any atom is 0.326 e. The normalized spacial score (nSPS) is 19.1. The highest BCUT2D eigenvalue weighted by Gasteiger charge is 2.26. The molecule has 0 aliphatic carbocycles. The van der Waals surface area contributed by atoms with E-state index in [1.165, 1.54) is 7.11 Å². The van der Waals surface area contributed by atoms with Crippen molar-refractivity contribution in [2.24, 2.45) is 0 Å². The lowest BCUT2D eigenvalue weighted by atomic mass is 10.2. The third-order valence-electron chi connectivity index (χ3n) is 4.02. The predicted octanol–water partition coefficient (Wildman–Crippen LogP) is 0.602. The summed E-state index contributed by atoms with van der Waals surface area (Å²) < 4.78 is 4.87. The van der Waals surface area contributed by atoms with Crippen molar-refractivity contribution in [3.05, 3.63) is 0 Å². The Balaban J connectivity index is 2.43. The SMILES string of the molecule is CCC(C)N1CCN(C(=O)NC(CCOC)C(=O)O)CC1. The number of carbonyl (C=O) groups is 2. The van der Waals surface area contributed by atoms with Crippen LogP contribution in [0.15, 0.2) is 0 Å². The monoisotopic (exact) mass is 301 g/mol. The summed E-state index contributed by atoms with van der Waals surface area (Å²) in [5.74, 6) is -1.03. The first-order valence-corrected chi connectivity index (χ1v) is 7.50. The van der Waals surface area contributed by atoms with E-state index in [1.807, 2.05) is 0 Å². The van der Waals surface area contributed by atoms with Crippen molar-refractivity contribution >= 4 is 12.0 Å². The lowest BCUT2D eigenvalue weighted by Gasteiger charge is -2.38. The molecule has 0 radical (unpaired) electrons. The first kappa shape index (κ1) is 17.7. The number of urea groups is 1. The Bertz CT molecular complexity index is 343. The van der Waals surface area contributed by atoms with Crippen LogP contribution in [0.3, 0.4) is 0 Å². The van der Waals surface area contributed by atoms with Crippen LogP contribution in [-0.4, -0.2) is 78.9 Å². The van der Waals surface area contributed by atoms with Gasteiger partial charge in [-0.25, -0.2) is 9.59 Å². The zero-order chi connectivity index (χ0) is 15.8. The number of piperazine rings is 1. The van der Waals surface area contributed by atoms with Gasteiger partial charge in [0.1, 0.15) is 6.04 Å². The smallest absolute Gasteiger partial charge is 0.326 e. The molecule has 7 nitrogen and oxygen atoms in total. The molecule has 7 heteroatoms. The Hall–Kier alpha value is -1.34. The second kappa shape index (κ2) is 8.84. The average molecular weight is 301 g/mol. The number of carboxylic acid groups (broad SMARTS) is 1. The van der Waals surface area contributed by atoms with E-state index in [9.17, 15) is 9.59 Å². The molecule has 1 heterocycles. The Labute approximate surface area is 126 Å². The van der Waals surface area contributed by atoms with Crippen molar-refractivity contribution in [1.29, 1.82) is 0 Å². The van der Waals surface area contributed by atoms with Crippen LogP contribution in [0, 0.1) is 0 Å². The quantitative estimate of drug-likeness (QED) is 0.719. The van der Waals surface area contributed by atoms with Gasteiger partial charge in [-0.3, -0.25) is 4.90 Å². The number of methoxy groups -OCH3 is 1. The summed E-state index contributed by atoms with van der Waals surface area (Å²) in [6, 6.07) is -0.684. The molecular weight excluding hydrogens is 274 g/mol. The summed E-state index contributed by atoms with van der Waals surface area (Å²) in [5.41, 5.74) is 0. The second-order valence-corrected chi connectivity index (χ2v) is 5.40. The van der Waals surface area contributed by atoms with E-state index in [4.69, 9.17) is 9.84 Å². The zero-order valence-electron chi connectivity index (χ0n) is 13.2. The minimum atomic E-state index is -1.03. The molecule has 2 amide bonds. The summed E-state index contributed by atoms with van der Waals surface area (Å²) in [4.78, 5) is 27.3. The predicted molar refractivity (Wildman–Crippen MR) is 79.3 cm³/mol. The number of nitrogens with one attached hydrogen (secondary N) is 1. The van der Waals surface area contributed by atoms with Crippen molar-refractivity contribution < 1.29 is 19.4 Å². The van der Waals surface area contributed by atoms with Crippen molar-refractivity contribution in [3.63, 3.8) is 0 Å². The van der Waals surface area contributed by atoms with Gasteiger partial charge in [0, 0.05) is 52.4 Å². The Morgan fingerprint density at radius 2 is 1.90 bits per heavy atom. The van der Waals surface area contributed by atoms with Crippen molar-refractivity contribution in [2.75, 3.05) is 39.9 Å². The summed E-state index contributed by atoms with van der Waals surface area (Å²) >= 11 is 0. The van der Waals surface area contributed by atoms with E-state index in [1.54, 1.807) is 4.90 Å². The molecule has 122 valence electrons. The van der Waals surface area contributed by atoms with Gasteiger partial charge in [0.2, 0.25) is 0 Å². The van der Waals surface area contributed by atoms with Crippen LogP contribution in [0.2, 0.25) is 0 Å². The molecule has 0 aromatic rings. The van der Waals surface area contributed by atoms with Crippen LogP contribution in [0.5, 0.6) is 0 Å². The fourth-order valence-corrected chi connectivity index (χ4v) is 2.36. The van der Waals surface area contributed by atoms with E-state index in [2.05, 4.69) is 24.1 Å². The maximum atomic E-state index is 12.1. The third-order valence-corrected chi connectivity index (χ3v) is 4.02. The molecule has 1 rings (SSSR count). The fraction of sp³-hybridized carbons (Fsp3) is 0.857. The van der Waals surface area contributed by atoms with Crippen molar-refractivity contribution in [2.45, 2.75) is 38.8 Å².